The average molecular weight is 442 g/mol. The number of hydrogen-bond donors (Lipinski definition) is 1. The van der Waals surface area contributed by atoms with Crippen molar-refractivity contribution in [2.24, 2.45) is 0 Å². The molecule has 0 radical (unpaired) electrons. The van der Waals surface area contributed by atoms with Crippen LogP contribution in [0, 0.1) is 6.92 Å². The second-order valence-corrected chi connectivity index (χ2v) is 8.87. The summed E-state index contributed by atoms with van der Waals surface area (Å²) in [6, 6.07) is 18.1. The fourth-order valence-electron chi connectivity index (χ4n) is 4.47. The topological polar surface area (TPSA) is 74.2 Å². The highest BCUT2D eigenvalue weighted by Gasteiger charge is 2.31. The molecule has 1 aliphatic heterocycles. The first-order valence-electron chi connectivity index (χ1n) is 11.1. The van der Waals surface area contributed by atoms with Gasteiger partial charge in [-0.3, -0.25) is 14.3 Å². The number of nitrogens with zero attached hydrogens (tertiary/aromatic N) is 4. The fourth-order valence-corrected chi connectivity index (χ4v) is 4.47. The summed E-state index contributed by atoms with van der Waals surface area (Å²) < 4.78 is 1.93. The van der Waals surface area contributed by atoms with Crippen LogP contribution in [0.15, 0.2) is 54.6 Å². The van der Waals surface area contributed by atoms with Gasteiger partial charge in [0, 0.05) is 49.2 Å². The van der Waals surface area contributed by atoms with Gasteiger partial charge in [-0.1, -0.05) is 42.0 Å². The predicted octanol–water partition coefficient (Wildman–Crippen LogP) is 3.62. The Balaban J connectivity index is 1.47. The number of nitrogens with one attached hydrogen (secondary N) is 1. The van der Waals surface area contributed by atoms with Gasteiger partial charge in [0.25, 0.3) is 11.8 Å². The molecule has 168 valence electrons. The molecule has 2 aromatic heterocycles. The Morgan fingerprint density at radius 1 is 1.09 bits per heavy atom. The number of carbonyl (C=O) groups excluding carboxylic acids is 2. The summed E-state index contributed by atoms with van der Waals surface area (Å²) in [6.45, 7) is 3.58. The zero-order valence-electron chi connectivity index (χ0n) is 19.1. The Labute approximate surface area is 192 Å². The van der Waals surface area contributed by atoms with Crippen LogP contribution < -0.4 is 0 Å². The SMILES string of the molecule is Cc1ccc2[nH]c(C(=O)N3CCc4c(c(C(=O)N(C)C)nn4Cc4ccccc4)C3)cc2c1. The summed E-state index contributed by atoms with van der Waals surface area (Å²) in [5, 5.41) is 5.72. The van der Waals surface area contributed by atoms with Crippen molar-refractivity contribution in [3.63, 3.8) is 0 Å². The number of rotatable bonds is 4. The van der Waals surface area contributed by atoms with Crippen LogP contribution in [-0.4, -0.2) is 57.0 Å². The number of H-pyrrole nitrogens is 1. The maximum absolute atomic E-state index is 13.3. The van der Waals surface area contributed by atoms with Gasteiger partial charge in [-0.25, -0.2) is 0 Å². The highest BCUT2D eigenvalue weighted by Crippen LogP contribution is 2.26. The van der Waals surface area contributed by atoms with E-state index in [1.54, 1.807) is 19.0 Å². The third-order valence-electron chi connectivity index (χ3n) is 6.21. The maximum atomic E-state index is 13.3. The summed E-state index contributed by atoms with van der Waals surface area (Å²) in [6.07, 6.45) is 0.654. The number of aromatic amines is 1. The summed E-state index contributed by atoms with van der Waals surface area (Å²) in [7, 11) is 3.45. The van der Waals surface area contributed by atoms with E-state index in [-0.39, 0.29) is 11.8 Å². The lowest BCUT2D eigenvalue weighted by molar-refractivity contribution is 0.0721. The number of hydrogen-bond acceptors (Lipinski definition) is 3. The van der Waals surface area contributed by atoms with Crippen LogP contribution >= 0.6 is 0 Å². The van der Waals surface area contributed by atoms with Gasteiger partial charge in [0.1, 0.15) is 5.69 Å². The molecule has 7 heteroatoms. The van der Waals surface area contributed by atoms with Gasteiger partial charge < -0.3 is 14.8 Å². The molecule has 0 spiro atoms. The van der Waals surface area contributed by atoms with Gasteiger partial charge in [-0.05, 0) is 30.7 Å². The van der Waals surface area contributed by atoms with Crippen molar-refractivity contribution in [2.75, 3.05) is 20.6 Å². The van der Waals surface area contributed by atoms with Gasteiger partial charge in [-0.2, -0.15) is 5.10 Å². The van der Waals surface area contributed by atoms with Crippen molar-refractivity contribution in [1.82, 2.24) is 24.6 Å². The van der Waals surface area contributed by atoms with Crippen LogP contribution in [0.2, 0.25) is 0 Å². The van der Waals surface area contributed by atoms with E-state index in [0.717, 1.165) is 33.3 Å². The van der Waals surface area contributed by atoms with Crippen LogP contribution in [0.1, 0.15) is 43.4 Å². The molecule has 0 atom stereocenters. The lowest BCUT2D eigenvalue weighted by Crippen LogP contribution is -2.37. The number of benzene rings is 2. The first-order valence-corrected chi connectivity index (χ1v) is 11.1. The first kappa shape index (κ1) is 21.0. The van der Waals surface area contributed by atoms with Crippen molar-refractivity contribution in [3.05, 3.63) is 88.4 Å². The van der Waals surface area contributed by atoms with E-state index in [4.69, 9.17) is 5.10 Å². The second-order valence-electron chi connectivity index (χ2n) is 8.87. The minimum absolute atomic E-state index is 0.0615. The molecule has 5 rings (SSSR count). The van der Waals surface area contributed by atoms with Crippen molar-refractivity contribution in [2.45, 2.75) is 26.4 Å². The van der Waals surface area contributed by atoms with Gasteiger partial charge in [-0.15, -0.1) is 0 Å². The number of carbonyl (C=O) groups is 2. The third kappa shape index (κ3) is 3.91. The molecule has 0 bridgehead atoms. The smallest absolute Gasteiger partial charge is 0.274 e. The zero-order chi connectivity index (χ0) is 23.1. The van der Waals surface area contributed by atoms with Crippen LogP contribution in [0.5, 0.6) is 0 Å². The monoisotopic (exact) mass is 441 g/mol. The van der Waals surface area contributed by atoms with Crippen LogP contribution in [0.3, 0.4) is 0 Å². The van der Waals surface area contributed by atoms with E-state index >= 15 is 0 Å². The van der Waals surface area contributed by atoms with E-state index in [1.807, 2.05) is 48.0 Å². The van der Waals surface area contributed by atoms with Crippen LogP contribution in [0.4, 0.5) is 0 Å². The van der Waals surface area contributed by atoms with E-state index in [1.165, 1.54) is 4.90 Å². The lowest BCUT2D eigenvalue weighted by atomic mass is 10.0. The van der Waals surface area contributed by atoms with Crippen molar-refractivity contribution >= 4 is 22.7 Å². The lowest BCUT2D eigenvalue weighted by Gasteiger charge is -2.27. The molecule has 33 heavy (non-hydrogen) atoms. The molecule has 1 N–H and O–H groups in total. The van der Waals surface area contributed by atoms with Gasteiger partial charge in [0.2, 0.25) is 0 Å². The number of amides is 2. The zero-order valence-corrected chi connectivity index (χ0v) is 19.1. The predicted molar refractivity (Wildman–Crippen MR) is 127 cm³/mol. The molecule has 4 aromatic rings. The third-order valence-corrected chi connectivity index (χ3v) is 6.21. The molecule has 0 saturated carbocycles. The fraction of sp³-hybridized carbons (Fsp3) is 0.269. The Hall–Kier alpha value is -3.87. The molecule has 0 aliphatic carbocycles. The molecule has 3 heterocycles. The standard InChI is InChI=1S/C26H27N5O2/c1-17-9-10-21-19(13-17)14-22(27-21)25(32)30-12-11-23-20(16-30)24(26(33)29(2)3)28-31(23)15-18-7-5-4-6-8-18/h4-10,13-14,27H,11-12,15-16H2,1-3H3. The van der Waals surface area contributed by atoms with Crippen molar-refractivity contribution < 1.29 is 9.59 Å². The Morgan fingerprint density at radius 3 is 2.64 bits per heavy atom. The average Bonchev–Trinajstić information content (AvgIpc) is 3.39. The number of aryl methyl sites for hydroxylation is 1. The molecule has 1 aliphatic rings. The number of aromatic nitrogens is 3. The number of fused-ring (bicyclic) bond motifs is 2. The van der Waals surface area contributed by atoms with Crippen LogP contribution in [0.25, 0.3) is 10.9 Å². The van der Waals surface area contributed by atoms with Gasteiger partial charge in [0.05, 0.1) is 13.1 Å². The molecule has 2 amide bonds. The van der Waals surface area contributed by atoms with E-state index in [2.05, 4.69) is 23.2 Å². The van der Waals surface area contributed by atoms with Gasteiger partial charge in [0.15, 0.2) is 5.69 Å². The largest absolute Gasteiger partial charge is 0.351 e. The Kier molecular flexibility index (Phi) is 5.24. The van der Waals surface area contributed by atoms with E-state index in [0.29, 0.717) is 37.4 Å². The van der Waals surface area contributed by atoms with Crippen molar-refractivity contribution in [1.29, 1.82) is 0 Å². The van der Waals surface area contributed by atoms with E-state index < -0.39 is 0 Å². The second kappa shape index (κ2) is 8.24. The molecular formula is C26H27N5O2. The highest BCUT2D eigenvalue weighted by molar-refractivity contribution is 5.99. The molecule has 0 unspecified atom stereocenters. The van der Waals surface area contributed by atoms with Crippen molar-refractivity contribution in [3.8, 4) is 0 Å². The summed E-state index contributed by atoms with van der Waals surface area (Å²) in [4.78, 5) is 32.9. The van der Waals surface area contributed by atoms with Gasteiger partial charge >= 0.3 is 0 Å². The molecule has 0 fully saturated rings. The van der Waals surface area contributed by atoms with E-state index in [9.17, 15) is 9.59 Å². The minimum atomic E-state index is -0.145. The molecule has 2 aromatic carbocycles. The minimum Gasteiger partial charge on any atom is -0.351 e. The highest BCUT2D eigenvalue weighted by atomic mass is 16.2. The maximum Gasteiger partial charge on any atom is 0.274 e. The van der Waals surface area contributed by atoms with Crippen LogP contribution in [-0.2, 0) is 19.5 Å². The Morgan fingerprint density at radius 2 is 1.88 bits per heavy atom. The quantitative estimate of drug-likeness (QED) is 0.526. The molecule has 7 nitrogen and oxygen atoms in total. The molecule has 0 saturated heterocycles. The normalized spacial score (nSPS) is 13.2. The Bertz CT molecular complexity index is 1350. The molecular weight excluding hydrogens is 414 g/mol. The summed E-state index contributed by atoms with van der Waals surface area (Å²) in [5.74, 6) is -0.206. The summed E-state index contributed by atoms with van der Waals surface area (Å²) >= 11 is 0. The summed E-state index contributed by atoms with van der Waals surface area (Å²) in [5.41, 5.74) is 6.09. The first-order chi connectivity index (χ1) is 15.9.